The molecule has 0 aliphatic heterocycles. The number of ether oxygens (including phenoxy) is 1. The van der Waals surface area contributed by atoms with Crippen LogP contribution in [-0.4, -0.2) is 32.6 Å². The molecule has 0 fully saturated rings. The Morgan fingerprint density at radius 3 is 2.56 bits per heavy atom. The third kappa shape index (κ3) is 4.31. The molecule has 36 heavy (non-hydrogen) atoms. The molecule has 0 saturated heterocycles. The Kier molecular flexibility index (Phi) is 5.97. The highest BCUT2D eigenvalue weighted by Gasteiger charge is 2.42. The zero-order valence-electron chi connectivity index (χ0n) is 18.6. The van der Waals surface area contributed by atoms with Crippen molar-refractivity contribution < 1.29 is 27.2 Å². The second-order valence-electron chi connectivity index (χ2n) is 7.78. The van der Waals surface area contributed by atoms with Gasteiger partial charge >= 0.3 is 6.18 Å². The Hall–Kier alpha value is -4.18. The van der Waals surface area contributed by atoms with Gasteiger partial charge in [0.1, 0.15) is 17.1 Å². The van der Waals surface area contributed by atoms with Crippen LogP contribution in [0.3, 0.4) is 0 Å². The van der Waals surface area contributed by atoms with Crippen molar-refractivity contribution in [1.29, 1.82) is 0 Å². The minimum atomic E-state index is -4.88. The molecular weight excluding hydrogens is 497 g/mol. The zero-order valence-corrected chi connectivity index (χ0v) is 19.3. The minimum Gasteiger partial charge on any atom is -0.497 e. The molecule has 5 rings (SSSR count). The summed E-state index contributed by atoms with van der Waals surface area (Å²) >= 11 is 5.93. The van der Waals surface area contributed by atoms with E-state index < -0.39 is 29.0 Å². The Morgan fingerprint density at radius 1 is 1.11 bits per heavy atom. The number of alkyl halides is 3. The number of ketones is 1. The third-order valence-corrected chi connectivity index (χ3v) is 5.79. The summed E-state index contributed by atoms with van der Waals surface area (Å²) in [5.74, 6) is -1.36. The molecule has 7 nitrogen and oxygen atoms in total. The van der Waals surface area contributed by atoms with E-state index in [9.17, 15) is 18.0 Å². The van der Waals surface area contributed by atoms with Crippen molar-refractivity contribution in [2.75, 3.05) is 7.11 Å². The van der Waals surface area contributed by atoms with E-state index in [1.165, 1.54) is 31.5 Å². The van der Waals surface area contributed by atoms with Crippen LogP contribution in [0.15, 0.2) is 71.4 Å². The van der Waals surface area contributed by atoms with Crippen molar-refractivity contribution in [3.8, 4) is 17.3 Å². The SMILES string of the molecule is COc1ccc2c(c1)c(C(=O)c1noc(-c3ccccn3)n1)c(C(F)(F)F)n2Cc1ccc(Cl)cc1. The van der Waals surface area contributed by atoms with Crippen molar-refractivity contribution in [3.05, 3.63) is 94.5 Å². The van der Waals surface area contributed by atoms with Gasteiger partial charge in [-0.25, -0.2) is 0 Å². The van der Waals surface area contributed by atoms with Gasteiger partial charge in [0.05, 0.1) is 12.7 Å². The van der Waals surface area contributed by atoms with Crippen LogP contribution in [0.5, 0.6) is 5.75 Å². The number of methoxy groups -OCH3 is 1. The maximum atomic E-state index is 14.5. The maximum absolute atomic E-state index is 14.5. The quantitative estimate of drug-likeness (QED) is 0.258. The first-order valence-electron chi connectivity index (χ1n) is 10.6. The number of hydrogen-bond donors (Lipinski definition) is 0. The molecule has 0 bridgehead atoms. The second kappa shape index (κ2) is 9.12. The van der Waals surface area contributed by atoms with Gasteiger partial charge in [-0.15, -0.1) is 0 Å². The summed E-state index contributed by atoms with van der Waals surface area (Å²) in [4.78, 5) is 21.6. The van der Waals surface area contributed by atoms with Gasteiger partial charge < -0.3 is 13.8 Å². The van der Waals surface area contributed by atoms with Crippen LogP contribution in [0.1, 0.15) is 27.4 Å². The number of carbonyl (C=O) groups excluding carboxylic acids is 1. The summed E-state index contributed by atoms with van der Waals surface area (Å²) in [6.45, 7) is -0.159. The Bertz CT molecular complexity index is 1560. The highest BCUT2D eigenvalue weighted by Crippen LogP contribution is 2.40. The zero-order chi connectivity index (χ0) is 25.4. The fourth-order valence-electron chi connectivity index (χ4n) is 3.94. The van der Waals surface area contributed by atoms with Crippen LogP contribution in [0, 0.1) is 0 Å². The van der Waals surface area contributed by atoms with E-state index in [0.717, 1.165) is 4.57 Å². The number of fused-ring (bicyclic) bond motifs is 1. The molecule has 0 saturated carbocycles. The molecular formula is C25H16ClF3N4O3. The molecule has 3 heterocycles. The Morgan fingerprint density at radius 2 is 1.89 bits per heavy atom. The van der Waals surface area contributed by atoms with Gasteiger partial charge in [0.15, 0.2) is 0 Å². The monoisotopic (exact) mass is 512 g/mol. The van der Waals surface area contributed by atoms with Gasteiger partial charge in [-0.3, -0.25) is 9.78 Å². The molecule has 0 radical (unpaired) electrons. The van der Waals surface area contributed by atoms with Gasteiger partial charge in [-0.2, -0.15) is 18.2 Å². The molecule has 5 aromatic rings. The van der Waals surface area contributed by atoms with E-state index in [-0.39, 0.29) is 34.8 Å². The minimum absolute atomic E-state index is 0.0461. The number of nitrogens with zero attached hydrogens (tertiary/aromatic N) is 4. The van der Waals surface area contributed by atoms with Gasteiger partial charge in [0.2, 0.25) is 11.6 Å². The smallest absolute Gasteiger partial charge is 0.432 e. The van der Waals surface area contributed by atoms with Gasteiger partial charge in [-0.1, -0.05) is 35.0 Å². The number of pyridine rings is 1. The fraction of sp³-hybridized carbons (Fsp3) is 0.120. The van der Waals surface area contributed by atoms with E-state index in [4.69, 9.17) is 20.9 Å². The number of carbonyl (C=O) groups is 1. The van der Waals surface area contributed by atoms with Gasteiger partial charge in [0.25, 0.3) is 5.89 Å². The first kappa shape index (κ1) is 23.6. The summed E-state index contributed by atoms with van der Waals surface area (Å²) in [6, 6.07) is 15.7. The van der Waals surface area contributed by atoms with Crippen LogP contribution in [0.4, 0.5) is 13.2 Å². The number of hydrogen-bond acceptors (Lipinski definition) is 6. The lowest BCUT2D eigenvalue weighted by Crippen LogP contribution is -2.19. The molecule has 0 atom stereocenters. The molecule has 0 amide bonds. The van der Waals surface area contributed by atoms with Gasteiger partial charge in [-0.05, 0) is 48.0 Å². The lowest BCUT2D eigenvalue weighted by molar-refractivity contribution is -0.143. The molecule has 0 spiro atoms. The van der Waals surface area contributed by atoms with E-state index in [2.05, 4.69) is 15.1 Å². The molecule has 182 valence electrons. The van der Waals surface area contributed by atoms with E-state index >= 15 is 0 Å². The fourth-order valence-corrected chi connectivity index (χ4v) is 4.07. The van der Waals surface area contributed by atoms with Crippen molar-refractivity contribution in [1.82, 2.24) is 19.7 Å². The second-order valence-corrected chi connectivity index (χ2v) is 8.22. The average Bonchev–Trinajstić information content (AvgIpc) is 3.49. The van der Waals surface area contributed by atoms with Crippen molar-refractivity contribution in [2.45, 2.75) is 12.7 Å². The predicted molar refractivity (Wildman–Crippen MR) is 125 cm³/mol. The van der Waals surface area contributed by atoms with Crippen molar-refractivity contribution >= 4 is 28.3 Å². The summed E-state index contributed by atoms with van der Waals surface area (Å²) in [7, 11) is 1.39. The van der Waals surface area contributed by atoms with Crippen LogP contribution in [0.25, 0.3) is 22.5 Å². The average molecular weight is 513 g/mol. The highest BCUT2D eigenvalue weighted by molar-refractivity contribution is 6.30. The number of halogens is 4. The Balaban J connectivity index is 1.71. The third-order valence-electron chi connectivity index (χ3n) is 5.53. The van der Waals surface area contributed by atoms with E-state index in [1.54, 1.807) is 42.5 Å². The Labute approximate surface area is 207 Å². The summed E-state index contributed by atoms with van der Waals surface area (Å²) in [6.07, 6.45) is -3.39. The highest BCUT2D eigenvalue weighted by atomic mass is 35.5. The molecule has 0 N–H and O–H groups in total. The number of rotatable bonds is 6. The molecule has 0 unspecified atom stereocenters. The van der Waals surface area contributed by atoms with Crippen LogP contribution < -0.4 is 4.74 Å². The molecule has 3 aromatic heterocycles. The topological polar surface area (TPSA) is 83.0 Å². The molecule has 0 aliphatic carbocycles. The maximum Gasteiger partial charge on any atom is 0.432 e. The van der Waals surface area contributed by atoms with Crippen molar-refractivity contribution in [2.24, 2.45) is 0 Å². The predicted octanol–water partition coefficient (Wildman–Crippen LogP) is 6.05. The number of benzene rings is 2. The summed E-state index contributed by atoms with van der Waals surface area (Å²) in [5, 5.41) is 4.14. The normalized spacial score (nSPS) is 11.7. The van der Waals surface area contributed by atoms with Crippen LogP contribution in [-0.2, 0) is 12.7 Å². The van der Waals surface area contributed by atoms with Gasteiger partial charge in [0, 0.05) is 28.7 Å². The standard InChI is InChI=1S/C25H16ClF3N4O3/c1-35-16-9-10-19-17(12-16)20(21(34)23-31-24(36-32-23)18-4-2-3-11-30-18)22(25(27,28)29)33(19)13-14-5-7-15(26)8-6-14/h2-12H,13H2,1H3. The lowest BCUT2D eigenvalue weighted by atomic mass is 10.1. The first-order chi connectivity index (χ1) is 17.3. The van der Waals surface area contributed by atoms with E-state index in [0.29, 0.717) is 10.6 Å². The van der Waals surface area contributed by atoms with Crippen molar-refractivity contribution in [3.63, 3.8) is 0 Å². The molecule has 2 aromatic carbocycles. The molecule has 11 heteroatoms. The summed E-state index contributed by atoms with van der Waals surface area (Å²) in [5.41, 5.74) is -0.691. The molecule has 0 aliphatic rings. The van der Waals surface area contributed by atoms with Crippen LogP contribution in [0.2, 0.25) is 5.02 Å². The summed E-state index contributed by atoms with van der Waals surface area (Å²) < 4.78 is 55.0. The van der Waals surface area contributed by atoms with E-state index in [1.807, 2.05) is 0 Å². The lowest BCUT2D eigenvalue weighted by Gasteiger charge is -2.14. The largest absolute Gasteiger partial charge is 0.497 e. The van der Waals surface area contributed by atoms with Crippen LogP contribution >= 0.6 is 11.6 Å². The number of aromatic nitrogens is 4. The first-order valence-corrected chi connectivity index (χ1v) is 11.0.